The van der Waals surface area contributed by atoms with Gasteiger partial charge in [-0.2, -0.15) is 11.8 Å². The van der Waals surface area contributed by atoms with Gasteiger partial charge in [0.25, 0.3) is 0 Å². The zero-order chi connectivity index (χ0) is 11.1. The van der Waals surface area contributed by atoms with Crippen molar-refractivity contribution in [3.05, 3.63) is 17.7 Å². The molecule has 80 valence electrons. The summed E-state index contributed by atoms with van der Waals surface area (Å²) >= 11 is 3.39. The summed E-state index contributed by atoms with van der Waals surface area (Å²) in [5.41, 5.74) is 14.0. The molecule has 1 rings (SSSR count). The number of anilines is 2. The van der Waals surface area contributed by atoms with Crippen LogP contribution in [0.15, 0.2) is 17.0 Å². The molecule has 0 aliphatic rings. The third-order valence-corrected chi connectivity index (χ3v) is 2.53. The Balaban J connectivity index is 0.000000500. The highest BCUT2D eigenvalue weighted by Crippen LogP contribution is 2.28. The van der Waals surface area contributed by atoms with Gasteiger partial charge in [-0.05, 0) is 43.4 Å². The first-order valence-corrected chi connectivity index (χ1v) is 7.02. The van der Waals surface area contributed by atoms with E-state index in [1.807, 2.05) is 37.8 Å². The van der Waals surface area contributed by atoms with Crippen LogP contribution in [0.25, 0.3) is 0 Å². The fourth-order valence-electron chi connectivity index (χ4n) is 0.899. The van der Waals surface area contributed by atoms with Crippen LogP contribution in [0, 0.1) is 6.92 Å². The van der Waals surface area contributed by atoms with Crippen molar-refractivity contribution in [2.45, 2.75) is 11.8 Å². The number of hydrogen-bond donors (Lipinski definition) is 2. The van der Waals surface area contributed by atoms with Gasteiger partial charge in [0.15, 0.2) is 0 Å². The van der Waals surface area contributed by atoms with Crippen LogP contribution < -0.4 is 11.5 Å². The van der Waals surface area contributed by atoms with Crippen LogP contribution in [-0.2, 0) is 0 Å². The number of nitrogen functional groups attached to an aromatic ring is 2. The first-order valence-electron chi connectivity index (χ1n) is 4.17. The minimum atomic E-state index is 0.764. The Labute approximate surface area is 94.8 Å². The van der Waals surface area contributed by atoms with E-state index in [2.05, 4.69) is 0 Å². The second kappa shape index (κ2) is 6.90. The number of thioether (sulfide) groups is 2. The van der Waals surface area contributed by atoms with Gasteiger partial charge in [-0.3, -0.25) is 0 Å². The Hall–Kier alpha value is -0.480. The SMILES string of the molecule is CSC.CSc1ccc(N)c(C)c1N. The van der Waals surface area contributed by atoms with E-state index in [0.29, 0.717) is 0 Å². The Morgan fingerprint density at radius 1 is 1.07 bits per heavy atom. The van der Waals surface area contributed by atoms with E-state index < -0.39 is 0 Å². The summed E-state index contributed by atoms with van der Waals surface area (Å²) < 4.78 is 0. The van der Waals surface area contributed by atoms with Gasteiger partial charge in [0, 0.05) is 10.6 Å². The van der Waals surface area contributed by atoms with Gasteiger partial charge in [-0.25, -0.2) is 0 Å². The molecule has 1 aromatic rings. The topological polar surface area (TPSA) is 52.0 Å². The van der Waals surface area contributed by atoms with Crippen molar-refractivity contribution in [3.8, 4) is 0 Å². The third kappa shape index (κ3) is 3.72. The molecule has 0 amide bonds. The van der Waals surface area contributed by atoms with Crippen molar-refractivity contribution in [2.24, 2.45) is 0 Å². The summed E-state index contributed by atoms with van der Waals surface area (Å²) in [6, 6.07) is 3.83. The minimum absolute atomic E-state index is 0.764. The van der Waals surface area contributed by atoms with Crippen LogP contribution in [0.2, 0.25) is 0 Å². The highest BCUT2D eigenvalue weighted by molar-refractivity contribution is 7.98. The molecule has 0 radical (unpaired) electrons. The maximum atomic E-state index is 5.79. The molecule has 0 heterocycles. The van der Waals surface area contributed by atoms with E-state index >= 15 is 0 Å². The standard InChI is InChI=1S/C8H12N2S.C2H6S/c1-5-6(9)3-4-7(11-2)8(5)10;1-3-2/h3-4H,9-10H2,1-2H3;1-2H3. The van der Waals surface area contributed by atoms with Crippen LogP contribution in [0.1, 0.15) is 5.56 Å². The Kier molecular flexibility index (Phi) is 6.66. The summed E-state index contributed by atoms with van der Waals surface area (Å²) in [4.78, 5) is 1.09. The van der Waals surface area contributed by atoms with Crippen LogP contribution in [0.4, 0.5) is 11.4 Å². The lowest BCUT2D eigenvalue weighted by molar-refractivity contribution is 1.37. The number of rotatable bonds is 1. The molecule has 0 fully saturated rings. The van der Waals surface area contributed by atoms with Crippen molar-refractivity contribution in [3.63, 3.8) is 0 Å². The van der Waals surface area contributed by atoms with E-state index in [1.54, 1.807) is 23.5 Å². The summed E-state index contributed by atoms with van der Waals surface area (Å²) in [5, 5.41) is 0. The molecular formula is C10H18N2S2. The van der Waals surface area contributed by atoms with Gasteiger partial charge in [-0.1, -0.05) is 0 Å². The highest BCUT2D eigenvalue weighted by atomic mass is 32.2. The van der Waals surface area contributed by atoms with E-state index in [9.17, 15) is 0 Å². The first-order chi connectivity index (χ1) is 6.58. The molecule has 2 nitrogen and oxygen atoms in total. The average molecular weight is 230 g/mol. The Morgan fingerprint density at radius 3 is 2.00 bits per heavy atom. The van der Waals surface area contributed by atoms with Crippen LogP contribution in [0.3, 0.4) is 0 Å². The van der Waals surface area contributed by atoms with Crippen molar-refractivity contribution < 1.29 is 0 Å². The van der Waals surface area contributed by atoms with E-state index in [4.69, 9.17) is 11.5 Å². The molecular weight excluding hydrogens is 212 g/mol. The second-order valence-electron chi connectivity index (χ2n) is 2.80. The maximum Gasteiger partial charge on any atom is 0.0502 e. The minimum Gasteiger partial charge on any atom is -0.398 e. The number of hydrogen-bond acceptors (Lipinski definition) is 4. The van der Waals surface area contributed by atoms with Gasteiger partial charge in [0.2, 0.25) is 0 Å². The van der Waals surface area contributed by atoms with E-state index in [-0.39, 0.29) is 0 Å². The Bertz CT molecular complexity index is 288. The van der Waals surface area contributed by atoms with Gasteiger partial charge >= 0.3 is 0 Å². The molecule has 4 N–H and O–H groups in total. The normalized spacial score (nSPS) is 9.14. The Morgan fingerprint density at radius 2 is 1.57 bits per heavy atom. The molecule has 4 heteroatoms. The van der Waals surface area contributed by atoms with Gasteiger partial charge < -0.3 is 11.5 Å². The van der Waals surface area contributed by atoms with Crippen molar-refractivity contribution in [1.29, 1.82) is 0 Å². The highest BCUT2D eigenvalue weighted by Gasteiger charge is 2.02. The predicted molar refractivity (Wildman–Crippen MR) is 71.2 cm³/mol. The average Bonchev–Trinajstić information content (AvgIpc) is 2.16. The molecule has 14 heavy (non-hydrogen) atoms. The molecule has 0 atom stereocenters. The van der Waals surface area contributed by atoms with Crippen molar-refractivity contribution in [1.82, 2.24) is 0 Å². The summed E-state index contributed by atoms with van der Waals surface area (Å²) in [7, 11) is 0. The number of benzene rings is 1. The molecule has 0 aliphatic carbocycles. The van der Waals surface area contributed by atoms with E-state index in [0.717, 1.165) is 21.8 Å². The summed E-state index contributed by atoms with van der Waals surface area (Å²) in [6.45, 7) is 1.93. The lowest BCUT2D eigenvalue weighted by Gasteiger charge is -2.07. The van der Waals surface area contributed by atoms with Crippen LogP contribution in [-0.4, -0.2) is 18.8 Å². The quantitative estimate of drug-likeness (QED) is 0.575. The second-order valence-corrected chi connectivity index (χ2v) is 4.47. The van der Waals surface area contributed by atoms with Crippen molar-refractivity contribution in [2.75, 3.05) is 30.2 Å². The largest absolute Gasteiger partial charge is 0.398 e. The molecule has 1 aromatic carbocycles. The zero-order valence-corrected chi connectivity index (χ0v) is 10.8. The maximum absolute atomic E-state index is 5.79. The molecule has 0 aromatic heterocycles. The molecule has 0 bridgehead atoms. The van der Waals surface area contributed by atoms with Crippen LogP contribution in [0.5, 0.6) is 0 Å². The predicted octanol–water partition coefficient (Wildman–Crippen LogP) is 2.86. The van der Waals surface area contributed by atoms with Gasteiger partial charge in [0.05, 0.1) is 5.69 Å². The smallest absolute Gasteiger partial charge is 0.0502 e. The van der Waals surface area contributed by atoms with E-state index in [1.165, 1.54) is 0 Å². The molecule has 0 saturated carbocycles. The fraction of sp³-hybridized carbons (Fsp3) is 0.400. The third-order valence-electron chi connectivity index (χ3n) is 1.74. The molecule has 0 saturated heterocycles. The van der Waals surface area contributed by atoms with Crippen LogP contribution >= 0.6 is 23.5 Å². The fourth-order valence-corrected chi connectivity index (χ4v) is 1.48. The summed E-state index contributed by atoms with van der Waals surface area (Å²) in [5.74, 6) is 0. The lowest BCUT2D eigenvalue weighted by atomic mass is 10.2. The monoisotopic (exact) mass is 230 g/mol. The molecule has 0 aliphatic heterocycles. The number of nitrogens with two attached hydrogens (primary N) is 2. The molecule has 0 unspecified atom stereocenters. The lowest BCUT2D eigenvalue weighted by Crippen LogP contribution is -1.97. The summed E-state index contributed by atoms with van der Waals surface area (Å²) in [6.07, 6.45) is 6.08. The first kappa shape index (κ1) is 13.5. The molecule has 0 spiro atoms. The van der Waals surface area contributed by atoms with Crippen molar-refractivity contribution >= 4 is 34.9 Å². The van der Waals surface area contributed by atoms with Gasteiger partial charge in [0.1, 0.15) is 0 Å². The zero-order valence-electron chi connectivity index (χ0n) is 9.13. The van der Waals surface area contributed by atoms with Gasteiger partial charge in [-0.15, -0.1) is 11.8 Å².